The van der Waals surface area contributed by atoms with E-state index >= 15 is 0 Å². The lowest BCUT2D eigenvalue weighted by atomic mass is 10.1. The summed E-state index contributed by atoms with van der Waals surface area (Å²) in [7, 11) is 0. The maximum Gasteiger partial charge on any atom is 0.303 e. The van der Waals surface area contributed by atoms with Gasteiger partial charge in [0.05, 0.1) is 6.54 Å². The molecule has 14 heavy (non-hydrogen) atoms. The summed E-state index contributed by atoms with van der Waals surface area (Å²) in [6, 6.07) is 0. The predicted octanol–water partition coefficient (Wildman–Crippen LogP) is 2.42. The molecule has 0 radical (unpaired) electrons. The van der Waals surface area contributed by atoms with Crippen LogP contribution in [0.4, 0.5) is 0 Å². The largest absolute Gasteiger partial charge is 0.481 e. The van der Waals surface area contributed by atoms with E-state index in [0.29, 0.717) is 6.42 Å². The highest BCUT2D eigenvalue weighted by molar-refractivity contribution is 5.96. The summed E-state index contributed by atoms with van der Waals surface area (Å²) in [4.78, 5) is 14.5. The van der Waals surface area contributed by atoms with Gasteiger partial charge in [-0.15, -0.1) is 0 Å². The summed E-state index contributed by atoms with van der Waals surface area (Å²) >= 11 is 0. The monoisotopic (exact) mass is 195 g/mol. The molecule has 0 spiro atoms. The van der Waals surface area contributed by atoms with Gasteiger partial charge >= 0.3 is 5.97 Å². The molecule has 0 aromatic carbocycles. The smallest absolute Gasteiger partial charge is 0.303 e. The lowest BCUT2D eigenvalue weighted by molar-refractivity contribution is -0.137. The Morgan fingerprint density at radius 3 is 2.79 bits per heavy atom. The highest BCUT2D eigenvalue weighted by atomic mass is 16.4. The molecular weight excluding hydrogens is 178 g/mol. The Bertz CT molecular complexity index is 244. The van der Waals surface area contributed by atoms with Crippen LogP contribution in [0.2, 0.25) is 0 Å². The Morgan fingerprint density at radius 1 is 1.36 bits per heavy atom. The second-order valence-electron chi connectivity index (χ2n) is 3.54. The van der Waals surface area contributed by atoms with Gasteiger partial charge in [-0.25, -0.2) is 0 Å². The van der Waals surface area contributed by atoms with Crippen molar-refractivity contribution < 1.29 is 9.90 Å². The van der Waals surface area contributed by atoms with Crippen molar-refractivity contribution in [3.8, 4) is 0 Å². The fourth-order valence-electron chi connectivity index (χ4n) is 1.51. The number of allylic oxidation sites excluding steroid dienone is 1. The number of carboxylic acid groups (broad SMARTS) is 1. The zero-order chi connectivity index (χ0) is 10.2. The van der Waals surface area contributed by atoms with Crippen LogP contribution in [-0.4, -0.2) is 23.3 Å². The van der Waals surface area contributed by atoms with Gasteiger partial charge < -0.3 is 5.11 Å². The van der Waals surface area contributed by atoms with Gasteiger partial charge in [-0.2, -0.15) is 0 Å². The number of unbranched alkanes of at least 4 members (excludes halogenated alkanes) is 3. The third-order valence-electron chi connectivity index (χ3n) is 2.28. The second-order valence-corrected chi connectivity index (χ2v) is 3.54. The van der Waals surface area contributed by atoms with Crippen molar-refractivity contribution in [2.24, 2.45) is 4.99 Å². The number of hydrogen-bond donors (Lipinski definition) is 1. The van der Waals surface area contributed by atoms with Crippen LogP contribution < -0.4 is 0 Å². The van der Waals surface area contributed by atoms with E-state index in [1.165, 1.54) is 5.71 Å². The third kappa shape index (κ3) is 4.80. The molecule has 0 unspecified atom stereocenters. The van der Waals surface area contributed by atoms with Crippen LogP contribution in [-0.2, 0) is 4.79 Å². The first-order valence-corrected chi connectivity index (χ1v) is 5.20. The van der Waals surface area contributed by atoms with E-state index in [0.717, 1.165) is 38.6 Å². The van der Waals surface area contributed by atoms with Gasteiger partial charge in [0.1, 0.15) is 0 Å². The Hall–Kier alpha value is -1.12. The molecule has 0 saturated heterocycles. The van der Waals surface area contributed by atoms with E-state index in [1.807, 2.05) is 0 Å². The summed E-state index contributed by atoms with van der Waals surface area (Å²) in [6.07, 6.45) is 9.56. The average molecular weight is 195 g/mol. The van der Waals surface area contributed by atoms with E-state index in [2.05, 4.69) is 17.1 Å². The van der Waals surface area contributed by atoms with Crippen LogP contribution in [0.3, 0.4) is 0 Å². The first kappa shape index (κ1) is 11.0. The fourth-order valence-corrected chi connectivity index (χ4v) is 1.51. The van der Waals surface area contributed by atoms with Crippen molar-refractivity contribution in [1.29, 1.82) is 0 Å². The van der Waals surface area contributed by atoms with Crippen molar-refractivity contribution in [3.05, 3.63) is 12.2 Å². The molecule has 3 heteroatoms. The minimum atomic E-state index is -0.687. The normalized spacial score (nSPS) is 14.4. The highest BCUT2D eigenvalue weighted by Gasteiger charge is 2.00. The van der Waals surface area contributed by atoms with E-state index in [9.17, 15) is 4.79 Å². The molecule has 0 aliphatic carbocycles. The van der Waals surface area contributed by atoms with Crippen LogP contribution in [0, 0.1) is 0 Å². The van der Waals surface area contributed by atoms with Gasteiger partial charge in [-0.3, -0.25) is 9.79 Å². The van der Waals surface area contributed by atoms with E-state index in [-0.39, 0.29) is 0 Å². The lowest BCUT2D eigenvalue weighted by Gasteiger charge is -1.99. The maximum atomic E-state index is 10.2. The van der Waals surface area contributed by atoms with Crippen molar-refractivity contribution in [2.45, 2.75) is 38.5 Å². The molecule has 1 N–H and O–H groups in total. The molecular formula is C11H17NO2. The van der Waals surface area contributed by atoms with Crippen molar-refractivity contribution >= 4 is 11.7 Å². The molecule has 0 fully saturated rings. The maximum absolute atomic E-state index is 10.2. The van der Waals surface area contributed by atoms with Crippen molar-refractivity contribution in [3.63, 3.8) is 0 Å². The molecule has 0 aromatic rings. The second kappa shape index (κ2) is 6.35. The van der Waals surface area contributed by atoms with Crippen LogP contribution in [0.15, 0.2) is 17.1 Å². The molecule has 0 saturated carbocycles. The molecule has 1 aliphatic heterocycles. The van der Waals surface area contributed by atoms with Crippen LogP contribution in [0.5, 0.6) is 0 Å². The summed E-state index contributed by atoms with van der Waals surface area (Å²) < 4.78 is 0. The summed E-state index contributed by atoms with van der Waals surface area (Å²) in [5.74, 6) is -0.687. The predicted molar refractivity (Wildman–Crippen MR) is 56.8 cm³/mol. The lowest BCUT2D eigenvalue weighted by Crippen LogP contribution is -1.94. The number of rotatable bonds is 7. The first-order chi connectivity index (χ1) is 6.79. The number of aliphatic imine (C=N–C) groups is 1. The first-order valence-electron chi connectivity index (χ1n) is 5.20. The SMILES string of the molecule is O=C(O)CCCCCCC1=NCC=C1. The van der Waals surface area contributed by atoms with Crippen LogP contribution in [0.25, 0.3) is 0 Å². The Labute approximate surface area is 84.5 Å². The molecule has 3 nitrogen and oxygen atoms in total. The van der Waals surface area contributed by atoms with Crippen LogP contribution in [0.1, 0.15) is 38.5 Å². The molecule has 1 aliphatic rings. The summed E-state index contributed by atoms with van der Waals surface area (Å²) in [6.45, 7) is 0.842. The fraction of sp³-hybridized carbons (Fsp3) is 0.636. The molecule has 78 valence electrons. The summed E-state index contributed by atoms with van der Waals surface area (Å²) in [5.41, 5.74) is 1.20. The molecule has 1 heterocycles. The quantitative estimate of drug-likeness (QED) is 0.634. The van der Waals surface area contributed by atoms with E-state index in [1.54, 1.807) is 0 Å². The van der Waals surface area contributed by atoms with Gasteiger partial charge in [-0.05, 0) is 25.3 Å². The van der Waals surface area contributed by atoms with E-state index < -0.39 is 5.97 Å². The number of carboxylic acids is 1. The minimum Gasteiger partial charge on any atom is -0.481 e. The zero-order valence-electron chi connectivity index (χ0n) is 8.41. The Morgan fingerprint density at radius 2 is 2.14 bits per heavy atom. The number of hydrogen-bond acceptors (Lipinski definition) is 2. The van der Waals surface area contributed by atoms with Gasteiger partial charge in [0.15, 0.2) is 0 Å². The number of carbonyl (C=O) groups is 1. The van der Waals surface area contributed by atoms with E-state index in [4.69, 9.17) is 5.11 Å². The van der Waals surface area contributed by atoms with Crippen LogP contribution >= 0.6 is 0 Å². The standard InChI is InChI=1S/C11H17NO2/c13-11(14)8-4-2-1-3-6-10-7-5-9-12-10/h5,7H,1-4,6,8-9H2,(H,13,14). The number of nitrogens with zero attached hydrogens (tertiary/aromatic N) is 1. The molecule has 0 aromatic heterocycles. The topological polar surface area (TPSA) is 49.7 Å². The molecule has 0 amide bonds. The average Bonchev–Trinajstić information content (AvgIpc) is 2.63. The van der Waals surface area contributed by atoms with Gasteiger partial charge in [0.2, 0.25) is 0 Å². The molecule has 1 rings (SSSR count). The summed E-state index contributed by atoms with van der Waals surface area (Å²) in [5, 5.41) is 8.41. The minimum absolute atomic E-state index is 0.306. The Kier molecular flexibility index (Phi) is 4.97. The highest BCUT2D eigenvalue weighted by Crippen LogP contribution is 2.08. The Balaban J connectivity index is 1.89. The number of aliphatic carboxylic acids is 1. The van der Waals surface area contributed by atoms with Gasteiger partial charge in [0, 0.05) is 12.1 Å². The van der Waals surface area contributed by atoms with Crippen molar-refractivity contribution in [1.82, 2.24) is 0 Å². The van der Waals surface area contributed by atoms with Crippen molar-refractivity contribution in [2.75, 3.05) is 6.54 Å². The molecule has 0 bridgehead atoms. The van der Waals surface area contributed by atoms with Gasteiger partial charge in [0.25, 0.3) is 0 Å². The van der Waals surface area contributed by atoms with Gasteiger partial charge in [-0.1, -0.05) is 18.9 Å². The molecule has 0 atom stereocenters. The zero-order valence-corrected chi connectivity index (χ0v) is 8.41. The third-order valence-corrected chi connectivity index (χ3v) is 2.28.